The van der Waals surface area contributed by atoms with Crippen LogP contribution in [0, 0.1) is 5.92 Å². The maximum absolute atomic E-state index is 12.2. The molecule has 5 heteroatoms. The number of anilines is 1. The molecule has 5 nitrogen and oxygen atoms in total. The highest BCUT2D eigenvalue weighted by molar-refractivity contribution is 6.04. The smallest absolute Gasteiger partial charge is 0.255 e. The Morgan fingerprint density at radius 3 is 2.38 bits per heavy atom. The van der Waals surface area contributed by atoms with Crippen molar-refractivity contribution in [3.05, 3.63) is 66.0 Å². The van der Waals surface area contributed by atoms with Gasteiger partial charge in [0.25, 0.3) is 5.91 Å². The second-order valence-electron chi connectivity index (χ2n) is 6.00. The van der Waals surface area contributed by atoms with Crippen LogP contribution in [-0.2, 0) is 0 Å². The number of fused-ring (bicyclic) bond motifs is 1. The number of aromatic hydroxyl groups is 1. The Labute approximate surface area is 139 Å². The van der Waals surface area contributed by atoms with Crippen molar-refractivity contribution in [1.82, 2.24) is 4.40 Å². The molecule has 0 aliphatic heterocycles. The van der Waals surface area contributed by atoms with Gasteiger partial charge in [-0.1, -0.05) is 13.8 Å². The normalized spacial score (nSPS) is 11.0. The van der Waals surface area contributed by atoms with E-state index in [1.54, 1.807) is 30.6 Å². The molecular weight excluding hydrogens is 304 g/mol. The first kappa shape index (κ1) is 15.8. The van der Waals surface area contributed by atoms with Crippen LogP contribution in [0.1, 0.15) is 34.6 Å². The van der Waals surface area contributed by atoms with Crippen LogP contribution in [-0.4, -0.2) is 21.2 Å². The van der Waals surface area contributed by atoms with Gasteiger partial charge in [0.15, 0.2) is 5.78 Å². The summed E-state index contributed by atoms with van der Waals surface area (Å²) in [5.74, 6) is -0.118. The number of ketones is 1. The predicted molar refractivity (Wildman–Crippen MR) is 92.6 cm³/mol. The van der Waals surface area contributed by atoms with Gasteiger partial charge in [0.1, 0.15) is 5.75 Å². The van der Waals surface area contributed by atoms with Gasteiger partial charge in [0.05, 0.1) is 5.69 Å². The maximum Gasteiger partial charge on any atom is 0.255 e. The number of nitrogens with zero attached hydrogens (tertiary/aromatic N) is 1. The molecule has 2 aromatic heterocycles. The molecule has 1 amide bonds. The molecule has 3 aromatic rings. The van der Waals surface area contributed by atoms with Crippen molar-refractivity contribution >= 4 is 22.9 Å². The minimum Gasteiger partial charge on any atom is -0.508 e. The SMILES string of the molecule is CC(C)C(=O)c1cc2ccc(NC(=O)c3ccc(O)cc3)cn2c1. The first-order chi connectivity index (χ1) is 11.4. The van der Waals surface area contributed by atoms with Crippen LogP contribution in [0.3, 0.4) is 0 Å². The van der Waals surface area contributed by atoms with Crippen molar-refractivity contribution < 1.29 is 14.7 Å². The Bertz CT molecular complexity index is 908. The number of nitrogens with one attached hydrogen (secondary N) is 1. The van der Waals surface area contributed by atoms with E-state index in [1.807, 2.05) is 30.4 Å². The fourth-order valence-corrected chi connectivity index (χ4v) is 2.47. The predicted octanol–water partition coefficient (Wildman–Crippen LogP) is 3.74. The van der Waals surface area contributed by atoms with Crippen LogP contribution >= 0.6 is 0 Å². The summed E-state index contributed by atoms with van der Waals surface area (Å²) in [5, 5.41) is 12.1. The summed E-state index contributed by atoms with van der Waals surface area (Å²) in [6.45, 7) is 3.74. The molecule has 24 heavy (non-hydrogen) atoms. The van der Waals surface area contributed by atoms with Gasteiger partial charge < -0.3 is 14.8 Å². The second kappa shape index (κ2) is 6.20. The largest absolute Gasteiger partial charge is 0.508 e. The lowest BCUT2D eigenvalue weighted by molar-refractivity contribution is 0.0939. The number of Topliss-reactive ketones (excluding diaryl/α,β-unsaturated/α-hetero) is 1. The first-order valence-corrected chi connectivity index (χ1v) is 7.70. The molecule has 0 saturated heterocycles. The molecule has 0 saturated carbocycles. The third kappa shape index (κ3) is 3.15. The van der Waals surface area contributed by atoms with E-state index in [-0.39, 0.29) is 23.4 Å². The Balaban J connectivity index is 1.84. The van der Waals surface area contributed by atoms with E-state index in [0.717, 1.165) is 5.52 Å². The second-order valence-corrected chi connectivity index (χ2v) is 6.00. The lowest BCUT2D eigenvalue weighted by Gasteiger charge is -2.06. The summed E-state index contributed by atoms with van der Waals surface area (Å²) in [6, 6.07) is 11.5. The maximum atomic E-state index is 12.2. The number of carbonyl (C=O) groups excluding carboxylic acids is 2. The highest BCUT2D eigenvalue weighted by Crippen LogP contribution is 2.18. The molecule has 0 spiro atoms. The Morgan fingerprint density at radius 1 is 1.00 bits per heavy atom. The molecule has 0 aliphatic rings. The van der Waals surface area contributed by atoms with Crippen molar-refractivity contribution in [2.24, 2.45) is 5.92 Å². The number of rotatable bonds is 4. The third-order valence-electron chi connectivity index (χ3n) is 3.79. The van der Waals surface area contributed by atoms with Crippen LogP contribution in [0.15, 0.2) is 54.9 Å². The molecule has 2 heterocycles. The van der Waals surface area contributed by atoms with Gasteiger partial charge >= 0.3 is 0 Å². The van der Waals surface area contributed by atoms with Crippen molar-refractivity contribution in [1.29, 1.82) is 0 Å². The molecule has 122 valence electrons. The zero-order chi connectivity index (χ0) is 17.3. The van der Waals surface area contributed by atoms with Gasteiger partial charge in [-0.05, 0) is 42.5 Å². The molecule has 0 unspecified atom stereocenters. The number of benzene rings is 1. The zero-order valence-electron chi connectivity index (χ0n) is 13.5. The minimum atomic E-state index is -0.264. The number of phenols is 1. The van der Waals surface area contributed by atoms with Gasteiger partial charge in [-0.2, -0.15) is 0 Å². The van der Waals surface area contributed by atoms with Crippen molar-refractivity contribution in [3.8, 4) is 5.75 Å². The van der Waals surface area contributed by atoms with Gasteiger partial charge in [0, 0.05) is 35.0 Å². The highest BCUT2D eigenvalue weighted by Gasteiger charge is 2.13. The van der Waals surface area contributed by atoms with Crippen LogP contribution in [0.5, 0.6) is 5.75 Å². The topological polar surface area (TPSA) is 70.8 Å². The molecule has 0 atom stereocenters. The highest BCUT2D eigenvalue weighted by atomic mass is 16.3. The average Bonchev–Trinajstić information content (AvgIpc) is 2.97. The third-order valence-corrected chi connectivity index (χ3v) is 3.79. The number of pyridine rings is 1. The van der Waals surface area contributed by atoms with Crippen molar-refractivity contribution in [2.75, 3.05) is 5.32 Å². The van der Waals surface area contributed by atoms with E-state index < -0.39 is 0 Å². The Morgan fingerprint density at radius 2 is 1.71 bits per heavy atom. The number of phenolic OH excluding ortho intramolecular Hbond substituents is 1. The summed E-state index contributed by atoms with van der Waals surface area (Å²) in [7, 11) is 0. The Kier molecular flexibility index (Phi) is 4.08. The molecule has 1 aromatic carbocycles. The molecule has 0 fully saturated rings. The van der Waals surface area contributed by atoms with E-state index in [2.05, 4.69) is 5.32 Å². The van der Waals surface area contributed by atoms with Crippen LogP contribution < -0.4 is 5.32 Å². The molecule has 2 N–H and O–H groups in total. The van der Waals surface area contributed by atoms with Gasteiger partial charge in [-0.15, -0.1) is 0 Å². The summed E-state index contributed by atoms with van der Waals surface area (Å²) in [6.07, 6.45) is 3.54. The molecular formula is C19H18N2O3. The molecule has 3 rings (SSSR count). The lowest BCUT2D eigenvalue weighted by atomic mass is 10.0. The monoisotopic (exact) mass is 322 g/mol. The number of hydrogen-bond donors (Lipinski definition) is 2. The van der Waals surface area contributed by atoms with Crippen molar-refractivity contribution in [2.45, 2.75) is 13.8 Å². The first-order valence-electron chi connectivity index (χ1n) is 7.70. The number of carbonyl (C=O) groups is 2. The van der Waals surface area contributed by atoms with Gasteiger partial charge in [-0.25, -0.2) is 0 Å². The van der Waals surface area contributed by atoms with Crippen LogP contribution in [0.4, 0.5) is 5.69 Å². The molecule has 0 aliphatic carbocycles. The zero-order valence-corrected chi connectivity index (χ0v) is 13.5. The Hall–Kier alpha value is -3.08. The van der Waals surface area contributed by atoms with E-state index in [9.17, 15) is 14.7 Å². The van der Waals surface area contributed by atoms with E-state index >= 15 is 0 Å². The van der Waals surface area contributed by atoms with Crippen LogP contribution in [0.25, 0.3) is 5.52 Å². The summed E-state index contributed by atoms with van der Waals surface area (Å²) < 4.78 is 1.82. The van der Waals surface area contributed by atoms with Crippen LogP contribution in [0.2, 0.25) is 0 Å². The lowest BCUT2D eigenvalue weighted by Crippen LogP contribution is -2.11. The van der Waals surface area contributed by atoms with Crippen molar-refractivity contribution in [3.63, 3.8) is 0 Å². The van der Waals surface area contributed by atoms with E-state index in [1.165, 1.54) is 12.1 Å². The van der Waals surface area contributed by atoms with Gasteiger partial charge in [-0.3, -0.25) is 9.59 Å². The summed E-state index contributed by atoms with van der Waals surface area (Å²) in [4.78, 5) is 24.3. The summed E-state index contributed by atoms with van der Waals surface area (Å²) >= 11 is 0. The fraction of sp³-hybridized carbons (Fsp3) is 0.158. The minimum absolute atomic E-state index is 0.0592. The fourth-order valence-electron chi connectivity index (χ4n) is 2.47. The number of amides is 1. The quantitative estimate of drug-likeness (QED) is 0.719. The molecule has 0 bridgehead atoms. The number of hydrogen-bond acceptors (Lipinski definition) is 3. The molecule has 0 radical (unpaired) electrons. The standard InChI is InChI=1S/C19H18N2O3/c1-12(2)18(23)14-9-16-6-5-15(11-21(16)10-14)20-19(24)13-3-7-17(22)8-4-13/h3-12,22H,1-2H3,(H,20,24). The van der Waals surface area contributed by atoms with Gasteiger partial charge in [0.2, 0.25) is 0 Å². The average molecular weight is 322 g/mol. The van der Waals surface area contributed by atoms with E-state index in [0.29, 0.717) is 16.8 Å². The number of aromatic nitrogens is 1. The van der Waals surface area contributed by atoms with E-state index in [4.69, 9.17) is 0 Å². The summed E-state index contributed by atoms with van der Waals surface area (Å²) in [5.41, 5.74) is 2.63.